The molecule has 2 heterocycles. The van der Waals surface area contributed by atoms with E-state index in [1.54, 1.807) is 43.4 Å². The van der Waals surface area contributed by atoms with Crippen molar-refractivity contribution in [3.8, 4) is 11.5 Å². The van der Waals surface area contributed by atoms with Crippen LogP contribution in [-0.2, 0) is 4.79 Å². The van der Waals surface area contributed by atoms with E-state index >= 15 is 0 Å². The summed E-state index contributed by atoms with van der Waals surface area (Å²) in [5.74, 6) is 0.703. The van der Waals surface area contributed by atoms with Crippen molar-refractivity contribution in [1.29, 1.82) is 0 Å². The van der Waals surface area contributed by atoms with Gasteiger partial charge in [-0.3, -0.25) is 9.59 Å². The number of para-hydroxylation sites is 1. The molecule has 0 saturated carbocycles. The van der Waals surface area contributed by atoms with Gasteiger partial charge in [0, 0.05) is 67.0 Å². The molecular weight excluding hydrogens is 514 g/mol. The maximum atomic E-state index is 14.1. The molecule has 2 aliphatic heterocycles. The summed E-state index contributed by atoms with van der Waals surface area (Å²) in [6.07, 6.45) is 0. The van der Waals surface area contributed by atoms with Crippen LogP contribution < -0.4 is 14.4 Å². The normalized spacial score (nSPS) is 19.2. The van der Waals surface area contributed by atoms with E-state index in [1.807, 2.05) is 29.2 Å². The van der Waals surface area contributed by atoms with Crippen LogP contribution in [-0.4, -0.2) is 75.1 Å². The van der Waals surface area contributed by atoms with E-state index in [1.165, 1.54) is 11.3 Å². The van der Waals surface area contributed by atoms with Gasteiger partial charge < -0.3 is 24.2 Å². The molecule has 2 aliphatic rings. The molecule has 0 bridgehead atoms. The number of methoxy groups -OCH3 is 2. The number of carbonyl (C=O) groups excluding carboxylic acids is 2. The molecule has 39 heavy (non-hydrogen) atoms. The number of halogens is 1. The molecule has 0 spiro atoms. The van der Waals surface area contributed by atoms with Gasteiger partial charge in [0.25, 0.3) is 5.91 Å². The zero-order chi connectivity index (χ0) is 27.5. The van der Waals surface area contributed by atoms with E-state index in [0.717, 1.165) is 18.7 Å². The van der Waals surface area contributed by atoms with Crippen LogP contribution >= 0.6 is 11.6 Å². The van der Waals surface area contributed by atoms with E-state index in [4.69, 9.17) is 21.1 Å². The highest BCUT2D eigenvalue weighted by Gasteiger charge is 2.44. The monoisotopic (exact) mass is 547 g/mol. The quantitative estimate of drug-likeness (QED) is 0.440. The summed E-state index contributed by atoms with van der Waals surface area (Å²) < 4.78 is 11.2. The van der Waals surface area contributed by atoms with Crippen LogP contribution in [0.3, 0.4) is 0 Å². The lowest BCUT2D eigenvalue weighted by Gasteiger charge is -2.38. The number of ether oxygens (including phenoxy) is 2. The Bertz CT molecular complexity index is 1340. The molecule has 0 unspecified atom stereocenters. The number of carbonyl (C=O) groups is 2. The standard InChI is InChI=1S/C31H34ClN3O4/c1-21-6-4-5-7-28(21)33-14-16-34(17-15-33)31(37)27-20-35(30(36)22-8-10-23(32)11-9-22)19-26(27)25-18-24(38-2)12-13-29(25)39-3/h4-13,18,26-27H,14-17,19-20H2,1-3H3/t26-,27+/m1/s1. The van der Waals surface area contributed by atoms with Gasteiger partial charge in [-0.15, -0.1) is 0 Å². The number of likely N-dealkylation sites (tertiary alicyclic amines) is 1. The summed E-state index contributed by atoms with van der Waals surface area (Å²) in [7, 11) is 3.24. The summed E-state index contributed by atoms with van der Waals surface area (Å²) in [5, 5.41) is 0.574. The molecule has 2 saturated heterocycles. The second kappa shape index (κ2) is 11.6. The molecule has 2 fully saturated rings. The first-order valence-electron chi connectivity index (χ1n) is 13.3. The molecule has 8 heteroatoms. The zero-order valence-electron chi connectivity index (χ0n) is 22.6. The number of nitrogens with zero attached hydrogens (tertiary/aromatic N) is 3. The number of rotatable bonds is 6. The molecule has 3 aromatic carbocycles. The van der Waals surface area contributed by atoms with Crippen molar-refractivity contribution < 1.29 is 19.1 Å². The molecule has 0 radical (unpaired) electrons. The molecule has 7 nitrogen and oxygen atoms in total. The lowest BCUT2D eigenvalue weighted by Crippen LogP contribution is -2.51. The fourth-order valence-electron chi connectivity index (χ4n) is 5.76. The van der Waals surface area contributed by atoms with Gasteiger partial charge in [-0.2, -0.15) is 0 Å². The third-order valence-corrected chi connectivity index (χ3v) is 8.15. The second-order valence-corrected chi connectivity index (χ2v) is 10.6. The fourth-order valence-corrected chi connectivity index (χ4v) is 5.89. The minimum atomic E-state index is -0.396. The van der Waals surface area contributed by atoms with Gasteiger partial charge >= 0.3 is 0 Å². The van der Waals surface area contributed by atoms with Gasteiger partial charge in [-0.1, -0.05) is 29.8 Å². The summed E-state index contributed by atoms with van der Waals surface area (Å²) >= 11 is 6.05. The van der Waals surface area contributed by atoms with E-state index in [-0.39, 0.29) is 17.7 Å². The van der Waals surface area contributed by atoms with E-state index in [9.17, 15) is 9.59 Å². The molecule has 2 atom stereocenters. The Morgan fingerprint density at radius 1 is 0.846 bits per heavy atom. The number of piperazine rings is 1. The summed E-state index contributed by atoms with van der Waals surface area (Å²) in [4.78, 5) is 33.6. The maximum absolute atomic E-state index is 14.1. The van der Waals surface area contributed by atoms with Crippen LogP contribution in [0.4, 0.5) is 5.69 Å². The van der Waals surface area contributed by atoms with Gasteiger partial charge in [0.1, 0.15) is 11.5 Å². The number of hydrogen-bond donors (Lipinski definition) is 0. The van der Waals surface area contributed by atoms with Crippen LogP contribution in [0.25, 0.3) is 0 Å². The zero-order valence-corrected chi connectivity index (χ0v) is 23.4. The van der Waals surface area contributed by atoms with Crippen molar-refractivity contribution in [1.82, 2.24) is 9.80 Å². The summed E-state index contributed by atoms with van der Waals surface area (Å²) in [6, 6.07) is 20.9. The first-order chi connectivity index (χ1) is 18.9. The molecular formula is C31H34ClN3O4. The summed E-state index contributed by atoms with van der Waals surface area (Å²) in [6.45, 7) is 5.67. The van der Waals surface area contributed by atoms with Gasteiger partial charge in [0.15, 0.2) is 0 Å². The molecule has 204 valence electrons. The number of hydrogen-bond acceptors (Lipinski definition) is 5. The minimum absolute atomic E-state index is 0.0701. The molecule has 0 aromatic heterocycles. The smallest absolute Gasteiger partial charge is 0.253 e. The van der Waals surface area contributed by atoms with Crippen molar-refractivity contribution in [3.63, 3.8) is 0 Å². The van der Waals surface area contributed by atoms with Gasteiger partial charge in [-0.05, 0) is 61.0 Å². The lowest BCUT2D eigenvalue weighted by atomic mass is 9.87. The first-order valence-corrected chi connectivity index (χ1v) is 13.6. The Kier molecular flexibility index (Phi) is 7.98. The predicted molar refractivity (Wildman–Crippen MR) is 153 cm³/mol. The first kappa shape index (κ1) is 26.9. The molecule has 5 rings (SSSR count). The molecule has 2 amide bonds. The molecule has 0 N–H and O–H groups in total. The van der Waals surface area contributed by atoms with E-state index in [2.05, 4.69) is 30.0 Å². The number of amides is 2. The Balaban J connectivity index is 1.40. The van der Waals surface area contributed by atoms with Gasteiger partial charge in [0.05, 0.1) is 20.1 Å². The van der Waals surface area contributed by atoms with Gasteiger partial charge in [-0.25, -0.2) is 0 Å². The average Bonchev–Trinajstić information content (AvgIpc) is 3.42. The average molecular weight is 548 g/mol. The van der Waals surface area contributed by atoms with E-state index < -0.39 is 5.92 Å². The van der Waals surface area contributed by atoms with Crippen molar-refractivity contribution in [2.45, 2.75) is 12.8 Å². The Hall–Kier alpha value is -3.71. The Labute approximate surface area is 234 Å². The van der Waals surface area contributed by atoms with Crippen molar-refractivity contribution >= 4 is 29.1 Å². The van der Waals surface area contributed by atoms with Crippen LogP contribution in [0.15, 0.2) is 66.7 Å². The van der Waals surface area contributed by atoms with Crippen molar-refractivity contribution in [3.05, 3.63) is 88.4 Å². The minimum Gasteiger partial charge on any atom is -0.497 e. The number of benzene rings is 3. The van der Waals surface area contributed by atoms with Crippen LogP contribution in [0, 0.1) is 12.8 Å². The number of aryl methyl sites for hydroxylation is 1. The summed E-state index contributed by atoms with van der Waals surface area (Å²) in [5.41, 5.74) is 3.87. The van der Waals surface area contributed by atoms with E-state index in [0.29, 0.717) is 48.3 Å². The van der Waals surface area contributed by atoms with Crippen LogP contribution in [0.1, 0.15) is 27.4 Å². The SMILES string of the molecule is COc1ccc(OC)c([C@H]2CN(C(=O)c3ccc(Cl)cc3)C[C@@H]2C(=O)N2CCN(c3ccccc3C)CC2)c1. The fraction of sp³-hybridized carbons (Fsp3) is 0.355. The Morgan fingerprint density at radius 2 is 1.56 bits per heavy atom. The highest BCUT2D eigenvalue weighted by atomic mass is 35.5. The Morgan fingerprint density at radius 3 is 2.23 bits per heavy atom. The third-order valence-electron chi connectivity index (χ3n) is 7.90. The number of anilines is 1. The highest BCUT2D eigenvalue weighted by molar-refractivity contribution is 6.30. The highest BCUT2D eigenvalue weighted by Crippen LogP contribution is 2.41. The predicted octanol–water partition coefficient (Wildman–Crippen LogP) is 4.87. The van der Waals surface area contributed by atoms with Crippen molar-refractivity contribution in [2.75, 3.05) is 58.4 Å². The topological polar surface area (TPSA) is 62.3 Å². The molecule has 3 aromatic rings. The van der Waals surface area contributed by atoms with Crippen LogP contribution in [0.5, 0.6) is 11.5 Å². The lowest BCUT2D eigenvalue weighted by molar-refractivity contribution is -0.135. The van der Waals surface area contributed by atoms with Crippen molar-refractivity contribution in [2.24, 2.45) is 5.92 Å². The molecule has 0 aliphatic carbocycles. The van der Waals surface area contributed by atoms with Crippen LogP contribution in [0.2, 0.25) is 5.02 Å². The third kappa shape index (κ3) is 5.55. The van der Waals surface area contributed by atoms with Gasteiger partial charge in [0.2, 0.25) is 5.91 Å². The second-order valence-electron chi connectivity index (χ2n) is 10.1. The maximum Gasteiger partial charge on any atom is 0.253 e. The largest absolute Gasteiger partial charge is 0.497 e.